The fourth-order valence-corrected chi connectivity index (χ4v) is 9.71. The predicted molar refractivity (Wildman–Crippen MR) is 254 cm³/mol. The first-order valence-electron chi connectivity index (χ1n) is 22.0. The maximum absolute atomic E-state index is 15.1. The van der Waals surface area contributed by atoms with Crippen LogP contribution in [0.5, 0.6) is 0 Å². The van der Waals surface area contributed by atoms with Crippen molar-refractivity contribution in [2.75, 3.05) is 23.7 Å². The summed E-state index contributed by atoms with van der Waals surface area (Å²) in [6.45, 7) is 17.8. The summed E-state index contributed by atoms with van der Waals surface area (Å²) in [5.74, 6) is -1.80. The van der Waals surface area contributed by atoms with Gasteiger partial charge in [0, 0.05) is 35.2 Å². The normalized spacial score (nSPS) is 14.2. The predicted octanol–water partition coefficient (Wildman–Crippen LogP) is 14.4. The van der Waals surface area contributed by atoms with Crippen molar-refractivity contribution in [1.82, 2.24) is 9.80 Å². The van der Waals surface area contributed by atoms with E-state index in [0.29, 0.717) is 43.9 Å². The first-order valence-corrected chi connectivity index (χ1v) is 23.6. The van der Waals surface area contributed by atoms with Gasteiger partial charge in [-0.3, -0.25) is 29.0 Å². The van der Waals surface area contributed by atoms with Crippen molar-refractivity contribution in [3.05, 3.63) is 90.9 Å². The SMILES string of the molecule is CCCCCCCCN1C(=O)c2c(Br)c(Nc3ccc(C(C)(C)C)cc3)c3c4c(c(Nc5ccc(C(C)(C)C)cc5)c(Br)c(c24)C1=O)C(=O)N(CCCCCCCC)C3=O. The van der Waals surface area contributed by atoms with Crippen LogP contribution < -0.4 is 10.6 Å². The van der Waals surface area contributed by atoms with Crippen LogP contribution in [0.3, 0.4) is 0 Å². The minimum absolute atomic E-state index is 0.0703. The molecule has 0 saturated heterocycles. The van der Waals surface area contributed by atoms with E-state index in [1.165, 1.54) is 9.80 Å². The number of amides is 4. The average molecular weight is 943 g/mol. The molecule has 0 aromatic heterocycles. The maximum Gasteiger partial charge on any atom is 0.263 e. The van der Waals surface area contributed by atoms with Crippen molar-refractivity contribution in [3.63, 3.8) is 0 Å². The molecule has 6 rings (SSSR count). The van der Waals surface area contributed by atoms with E-state index in [9.17, 15) is 9.59 Å². The molecule has 0 fully saturated rings. The van der Waals surface area contributed by atoms with Gasteiger partial charge in [0.25, 0.3) is 23.6 Å². The van der Waals surface area contributed by atoms with Crippen LogP contribution >= 0.6 is 31.9 Å². The quantitative estimate of drug-likeness (QED) is 0.0762. The van der Waals surface area contributed by atoms with Gasteiger partial charge in [-0.25, -0.2) is 0 Å². The van der Waals surface area contributed by atoms with Gasteiger partial charge in [-0.05, 0) is 90.9 Å². The molecule has 4 aromatic carbocycles. The molecule has 320 valence electrons. The number of carbonyl (C=O) groups is 4. The van der Waals surface area contributed by atoms with E-state index in [2.05, 4.69) is 122 Å². The van der Waals surface area contributed by atoms with E-state index < -0.39 is 23.6 Å². The Balaban J connectivity index is 1.58. The Hall–Kier alpha value is -4.02. The van der Waals surface area contributed by atoms with E-state index in [4.69, 9.17) is 0 Å². The first-order chi connectivity index (χ1) is 28.5. The number of hydrogen-bond donors (Lipinski definition) is 2. The number of hydrogen-bond acceptors (Lipinski definition) is 6. The fraction of sp³-hybridized carbons (Fsp3) is 0.480. The smallest absolute Gasteiger partial charge is 0.263 e. The molecule has 0 atom stereocenters. The topological polar surface area (TPSA) is 98.8 Å². The molecule has 0 bridgehead atoms. The number of nitrogens with one attached hydrogen (secondary N) is 2. The molecule has 0 unspecified atom stereocenters. The Kier molecular flexibility index (Phi) is 14.4. The minimum Gasteiger partial charge on any atom is -0.354 e. The average Bonchev–Trinajstić information content (AvgIpc) is 3.19. The van der Waals surface area contributed by atoms with Crippen molar-refractivity contribution < 1.29 is 19.2 Å². The molecular formula is C50H62Br2N4O4. The molecule has 4 aromatic rings. The van der Waals surface area contributed by atoms with Gasteiger partial charge < -0.3 is 10.6 Å². The summed E-state index contributed by atoms with van der Waals surface area (Å²) < 4.78 is 0.769. The summed E-state index contributed by atoms with van der Waals surface area (Å²) in [6.07, 6.45) is 11.9. The van der Waals surface area contributed by atoms with Crippen LogP contribution in [0.25, 0.3) is 10.8 Å². The van der Waals surface area contributed by atoms with Crippen molar-refractivity contribution in [3.8, 4) is 0 Å². The number of nitrogens with zero attached hydrogens (tertiary/aromatic N) is 2. The van der Waals surface area contributed by atoms with E-state index in [0.717, 1.165) is 86.7 Å². The summed E-state index contributed by atoms with van der Waals surface area (Å²) in [6, 6.07) is 16.1. The molecule has 8 nitrogen and oxygen atoms in total. The highest BCUT2D eigenvalue weighted by molar-refractivity contribution is 9.11. The molecule has 0 radical (unpaired) electrons. The van der Waals surface area contributed by atoms with E-state index in [-0.39, 0.29) is 46.2 Å². The summed E-state index contributed by atoms with van der Waals surface area (Å²) in [5, 5.41) is 7.68. The third kappa shape index (κ3) is 9.25. The standard InChI is InChI=1S/C50H62Br2N4O4/c1-9-11-13-15-17-19-29-55-45(57)37-35-36-39(43(41(37)51)53-33-25-21-31(22-26-33)49(3,4)5)47(59)56(30-20-18-16-14-12-10-2)48(60)40(36)44(42(52)38(35)46(55)58)54-34-27-23-32(24-28-34)50(6,7)8/h21-28,53-54H,9-20,29-30H2,1-8H3. The van der Waals surface area contributed by atoms with Crippen LogP contribution in [0.4, 0.5) is 22.7 Å². The second kappa shape index (κ2) is 18.9. The van der Waals surface area contributed by atoms with Gasteiger partial charge in [-0.2, -0.15) is 0 Å². The molecule has 0 spiro atoms. The molecule has 2 heterocycles. The number of imide groups is 2. The number of carbonyl (C=O) groups excluding carboxylic acids is 4. The lowest BCUT2D eigenvalue weighted by molar-refractivity contribution is 0.0586. The lowest BCUT2D eigenvalue weighted by atomic mass is 9.83. The summed E-state index contributed by atoms with van der Waals surface area (Å²) >= 11 is 7.67. The lowest BCUT2D eigenvalue weighted by Gasteiger charge is -2.36. The van der Waals surface area contributed by atoms with Gasteiger partial charge in [0.15, 0.2) is 0 Å². The van der Waals surface area contributed by atoms with Crippen molar-refractivity contribution >= 4 is 89.0 Å². The fourth-order valence-electron chi connectivity index (χ4n) is 8.38. The first kappa shape index (κ1) is 45.5. The van der Waals surface area contributed by atoms with Crippen molar-refractivity contribution in [2.45, 2.75) is 143 Å². The van der Waals surface area contributed by atoms with E-state index >= 15 is 9.59 Å². The van der Waals surface area contributed by atoms with E-state index in [1.54, 1.807) is 0 Å². The highest BCUT2D eigenvalue weighted by atomic mass is 79.9. The summed E-state index contributed by atoms with van der Waals surface area (Å²) in [5.41, 5.74) is 5.41. The molecule has 0 saturated carbocycles. The number of benzene rings is 4. The second-order valence-corrected chi connectivity index (χ2v) is 20.2. The third-order valence-electron chi connectivity index (χ3n) is 12.0. The molecule has 2 N–H and O–H groups in total. The Bertz CT molecular complexity index is 2130. The van der Waals surface area contributed by atoms with Gasteiger partial charge in [0.2, 0.25) is 0 Å². The van der Waals surface area contributed by atoms with Crippen LogP contribution in [0.15, 0.2) is 57.5 Å². The van der Waals surface area contributed by atoms with Gasteiger partial charge in [-0.1, -0.05) is 144 Å². The zero-order valence-corrected chi connectivity index (χ0v) is 40.0. The number of rotatable bonds is 18. The Labute approximate surface area is 373 Å². The molecule has 10 heteroatoms. The number of unbranched alkanes of at least 4 members (excludes halogenated alkanes) is 10. The second-order valence-electron chi connectivity index (χ2n) is 18.6. The molecule has 4 amide bonds. The van der Waals surface area contributed by atoms with Gasteiger partial charge >= 0.3 is 0 Å². The Morgan fingerprint density at radius 3 is 1.08 bits per heavy atom. The summed E-state index contributed by atoms with van der Waals surface area (Å²) in [7, 11) is 0. The highest BCUT2D eigenvalue weighted by Crippen LogP contribution is 2.52. The zero-order chi connectivity index (χ0) is 43.5. The van der Waals surface area contributed by atoms with Crippen LogP contribution in [-0.2, 0) is 10.8 Å². The lowest BCUT2D eigenvalue weighted by Crippen LogP contribution is -2.45. The summed E-state index contributed by atoms with van der Waals surface area (Å²) in [4.78, 5) is 62.4. The minimum atomic E-state index is -0.453. The maximum atomic E-state index is 15.1. The molecule has 2 aliphatic heterocycles. The Morgan fingerprint density at radius 2 is 0.750 bits per heavy atom. The highest BCUT2D eigenvalue weighted by Gasteiger charge is 2.46. The van der Waals surface area contributed by atoms with Crippen molar-refractivity contribution in [1.29, 1.82) is 0 Å². The van der Waals surface area contributed by atoms with Crippen LogP contribution in [0.2, 0.25) is 0 Å². The van der Waals surface area contributed by atoms with Gasteiger partial charge in [-0.15, -0.1) is 0 Å². The van der Waals surface area contributed by atoms with Crippen molar-refractivity contribution in [2.24, 2.45) is 0 Å². The van der Waals surface area contributed by atoms with E-state index in [1.807, 2.05) is 24.3 Å². The largest absolute Gasteiger partial charge is 0.354 e. The zero-order valence-electron chi connectivity index (χ0n) is 36.8. The van der Waals surface area contributed by atoms with Crippen LogP contribution in [-0.4, -0.2) is 46.5 Å². The molecule has 2 aliphatic rings. The molecular weight excluding hydrogens is 880 g/mol. The van der Waals surface area contributed by atoms with Gasteiger partial charge in [0.05, 0.1) is 42.6 Å². The Morgan fingerprint density at radius 1 is 0.450 bits per heavy atom. The monoisotopic (exact) mass is 940 g/mol. The third-order valence-corrected chi connectivity index (χ3v) is 13.6. The number of anilines is 4. The van der Waals surface area contributed by atoms with Crippen LogP contribution in [0, 0.1) is 0 Å². The van der Waals surface area contributed by atoms with Gasteiger partial charge in [0.1, 0.15) is 0 Å². The number of halogens is 2. The molecule has 0 aliphatic carbocycles. The van der Waals surface area contributed by atoms with Crippen LogP contribution in [0.1, 0.15) is 185 Å². The molecule has 60 heavy (non-hydrogen) atoms.